The quantitative estimate of drug-likeness (QED) is 0.782. The summed E-state index contributed by atoms with van der Waals surface area (Å²) in [6.45, 7) is 0.954. The van der Waals surface area contributed by atoms with Gasteiger partial charge in [-0.25, -0.2) is 17.2 Å². The zero-order valence-electron chi connectivity index (χ0n) is 13.1. The van der Waals surface area contributed by atoms with Crippen LogP contribution in [0.1, 0.15) is 5.56 Å². The second-order valence-electron chi connectivity index (χ2n) is 6.04. The second-order valence-corrected chi connectivity index (χ2v) is 7.97. The van der Waals surface area contributed by atoms with Gasteiger partial charge in [0.15, 0.2) is 11.6 Å². The highest BCUT2D eigenvalue weighted by Gasteiger charge is 2.44. The highest BCUT2D eigenvalue weighted by molar-refractivity contribution is 7.88. The number of carbonyl (C=O) groups is 1. The summed E-state index contributed by atoms with van der Waals surface area (Å²) >= 11 is 0. The van der Waals surface area contributed by atoms with E-state index in [2.05, 4.69) is 0 Å². The lowest BCUT2D eigenvalue weighted by Crippen LogP contribution is -2.52. The van der Waals surface area contributed by atoms with E-state index < -0.39 is 33.8 Å². The molecule has 0 aromatic heterocycles. The maximum absolute atomic E-state index is 13.7. The highest BCUT2D eigenvalue weighted by atomic mass is 32.2. The fraction of sp³-hybridized carbons (Fsp3) is 0.533. The number of halogens is 2. The molecule has 0 saturated carbocycles. The minimum absolute atomic E-state index is 0.0178. The zero-order valence-corrected chi connectivity index (χ0v) is 13.9. The van der Waals surface area contributed by atoms with E-state index in [-0.39, 0.29) is 44.1 Å². The smallest absolute Gasteiger partial charge is 0.227 e. The van der Waals surface area contributed by atoms with E-state index >= 15 is 0 Å². The van der Waals surface area contributed by atoms with E-state index in [0.29, 0.717) is 0 Å². The van der Waals surface area contributed by atoms with Crippen molar-refractivity contribution in [3.63, 3.8) is 0 Å². The van der Waals surface area contributed by atoms with Gasteiger partial charge in [-0.1, -0.05) is 12.1 Å². The van der Waals surface area contributed by atoms with E-state index in [9.17, 15) is 22.0 Å². The molecule has 2 fully saturated rings. The number of amides is 1. The van der Waals surface area contributed by atoms with Crippen LogP contribution in [0.25, 0.3) is 0 Å². The van der Waals surface area contributed by atoms with Crippen LogP contribution in [0.3, 0.4) is 0 Å². The summed E-state index contributed by atoms with van der Waals surface area (Å²) in [5.74, 6) is -2.41. The first-order valence-electron chi connectivity index (χ1n) is 7.56. The van der Waals surface area contributed by atoms with Crippen LogP contribution in [0.4, 0.5) is 8.78 Å². The molecule has 0 radical (unpaired) electrons. The molecule has 2 aliphatic heterocycles. The number of carbonyl (C=O) groups excluding carboxylic acids is 1. The van der Waals surface area contributed by atoms with Crippen molar-refractivity contribution in [2.24, 2.45) is 0 Å². The van der Waals surface area contributed by atoms with Crippen LogP contribution in [0.15, 0.2) is 18.2 Å². The molecule has 2 heterocycles. The van der Waals surface area contributed by atoms with Crippen molar-refractivity contribution in [1.29, 1.82) is 0 Å². The molecule has 0 unspecified atom stereocenters. The number of fused-ring (bicyclic) bond motifs is 1. The molecule has 132 valence electrons. The van der Waals surface area contributed by atoms with Crippen molar-refractivity contribution in [2.45, 2.75) is 18.6 Å². The Bertz CT molecular complexity index is 756. The first-order chi connectivity index (χ1) is 11.3. The Kier molecular flexibility index (Phi) is 4.58. The summed E-state index contributed by atoms with van der Waals surface area (Å²) in [6.07, 6.45) is 0.457. The first kappa shape index (κ1) is 17.2. The Morgan fingerprint density at radius 2 is 2.08 bits per heavy atom. The summed E-state index contributed by atoms with van der Waals surface area (Å²) in [4.78, 5) is 13.8. The summed E-state index contributed by atoms with van der Waals surface area (Å²) in [7, 11) is -3.39. The number of nitrogens with zero attached hydrogens (tertiary/aromatic N) is 2. The summed E-state index contributed by atoms with van der Waals surface area (Å²) < 4.78 is 57.6. The van der Waals surface area contributed by atoms with E-state index in [1.54, 1.807) is 0 Å². The molecule has 1 amide bonds. The van der Waals surface area contributed by atoms with Crippen LogP contribution < -0.4 is 0 Å². The van der Waals surface area contributed by atoms with E-state index in [1.807, 2.05) is 0 Å². The minimum atomic E-state index is -3.39. The molecule has 1 aromatic carbocycles. The van der Waals surface area contributed by atoms with Gasteiger partial charge >= 0.3 is 0 Å². The lowest BCUT2D eigenvalue weighted by atomic mass is 10.1. The summed E-state index contributed by atoms with van der Waals surface area (Å²) in [5, 5.41) is 0. The molecule has 24 heavy (non-hydrogen) atoms. The number of likely N-dealkylation sites (tertiary alicyclic amines) is 1. The lowest BCUT2D eigenvalue weighted by Gasteiger charge is -2.34. The molecule has 1 aromatic rings. The number of morpholine rings is 1. The van der Waals surface area contributed by atoms with Crippen LogP contribution in [0, 0.1) is 11.6 Å². The fourth-order valence-corrected chi connectivity index (χ4v) is 4.33. The molecular formula is C15H18F2N2O4S. The van der Waals surface area contributed by atoms with E-state index in [1.165, 1.54) is 21.3 Å². The number of hydrogen-bond donors (Lipinski definition) is 0. The number of ether oxygens (including phenoxy) is 1. The van der Waals surface area contributed by atoms with Crippen LogP contribution in [0.2, 0.25) is 0 Å². The third kappa shape index (κ3) is 3.28. The van der Waals surface area contributed by atoms with Crippen LogP contribution in [0.5, 0.6) is 0 Å². The van der Waals surface area contributed by atoms with Gasteiger partial charge in [0.25, 0.3) is 0 Å². The molecule has 2 saturated heterocycles. The van der Waals surface area contributed by atoms with Gasteiger partial charge in [0.1, 0.15) is 0 Å². The van der Waals surface area contributed by atoms with Crippen molar-refractivity contribution in [3.8, 4) is 0 Å². The third-order valence-corrected chi connectivity index (χ3v) is 5.71. The van der Waals surface area contributed by atoms with Gasteiger partial charge in [0.05, 0.1) is 31.4 Å². The third-order valence-electron chi connectivity index (χ3n) is 4.40. The molecule has 9 heteroatoms. The molecule has 3 rings (SSSR count). The van der Waals surface area contributed by atoms with Gasteiger partial charge in [0, 0.05) is 25.2 Å². The number of hydrogen-bond acceptors (Lipinski definition) is 4. The Labute approximate surface area is 139 Å². The lowest BCUT2D eigenvalue weighted by molar-refractivity contribution is -0.130. The molecule has 0 aliphatic carbocycles. The first-order valence-corrected chi connectivity index (χ1v) is 9.41. The molecule has 0 bridgehead atoms. The van der Waals surface area contributed by atoms with Gasteiger partial charge < -0.3 is 9.64 Å². The van der Waals surface area contributed by atoms with E-state index in [4.69, 9.17) is 4.74 Å². The molecule has 2 aliphatic rings. The summed E-state index contributed by atoms with van der Waals surface area (Å²) in [5.41, 5.74) is -0.0178. The van der Waals surface area contributed by atoms with Crippen molar-refractivity contribution in [1.82, 2.24) is 9.21 Å². The van der Waals surface area contributed by atoms with Crippen molar-refractivity contribution in [2.75, 3.05) is 32.5 Å². The minimum Gasteiger partial charge on any atom is -0.373 e. The maximum atomic E-state index is 13.7. The average Bonchev–Trinajstić information content (AvgIpc) is 2.94. The van der Waals surface area contributed by atoms with Crippen molar-refractivity contribution in [3.05, 3.63) is 35.4 Å². The maximum Gasteiger partial charge on any atom is 0.227 e. The Morgan fingerprint density at radius 3 is 2.79 bits per heavy atom. The average molecular weight is 360 g/mol. The predicted octanol–water partition coefficient (Wildman–Crippen LogP) is 0.379. The Balaban J connectivity index is 1.73. The van der Waals surface area contributed by atoms with Gasteiger partial charge in [0.2, 0.25) is 15.9 Å². The standard InChI is InChI=1S/C15H18F2N2O4S/c1-24(21,22)19-5-6-23-13-9-18(8-12(13)19)14(20)7-10-3-2-4-11(16)15(10)17/h2-4,12-13H,5-9H2,1H3/t12-,13+/m1/s1. The normalized spacial score (nSPS) is 24.9. The van der Waals surface area contributed by atoms with Gasteiger partial charge in [-0.05, 0) is 6.07 Å². The SMILES string of the molecule is CS(=O)(=O)N1CCO[C@H]2CN(C(=O)Cc3cccc(F)c3F)C[C@H]21. The molecule has 2 atom stereocenters. The largest absolute Gasteiger partial charge is 0.373 e. The molecule has 0 N–H and O–H groups in total. The second kappa shape index (κ2) is 6.38. The van der Waals surface area contributed by atoms with Gasteiger partial charge in [-0.2, -0.15) is 4.31 Å². The van der Waals surface area contributed by atoms with E-state index in [0.717, 1.165) is 12.3 Å². The number of sulfonamides is 1. The molecule has 6 nitrogen and oxygen atoms in total. The monoisotopic (exact) mass is 360 g/mol. The Hall–Kier alpha value is -1.58. The fourth-order valence-electron chi connectivity index (χ4n) is 3.23. The Morgan fingerprint density at radius 1 is 1.33 bits per heavy atom. The van der Waals surface area contributed by atoms with Crippen molar-refractivity contribution < 1.29 is 26.7 Å². The van der Waals surface area contributed by atoms with Crippen LogP contribution in [-0.4, -0.2) is 68.2 Å². The highest BCUT2D eigenvalue weighted by Crippen LogP contribution is 2.25. The van der Waals surface area contributed by atoms with Gasteiger partial charge in [-0.15, -0.1) is 0 Å². The number of benzene rings is 1. The predicted molar refractivity (Wildman–Crippen MR) is 81.7 cm³/mol. The zero-order chi connectivity index (χ0) is 17.5. The molecular weight excluding hydrogens is 342 g/mol. The van der Waals surface area contributed by atoms with Crippen LogP contribution >= 0.6 is 0 Å². The van der Waals surface area contributed by atoms with Crippen LogP contribution in [-0.2, 0) is 26.0 Å². The molecule has 0 spiro atoms. The van der Waals surface area contributed by atoms with Crippen molar-refractivity contribution >= 4 is 15.9 Å². The number of rotatable bonds is 3. The summed E-state index contributed by atoms with van der Waals surface area (Å²) in [6, 6.07) is 3.26. The topological polar surface area (TPSA) is 66.9 Å². The van der Waals surface area contributed by atoms with Gasteiger partial charge in [-0.3, -0.25) is 4.79 Å².